The van der Waals surface area contributed by atoms with Gasteiger partial charge in [0, 0.05) is 17.3 Å². The van der Waals surface area contributed by atoms with Gasteiger partial charge in [-0.05, 0) is 42.0 Å². The zero-order valence-electron chi connectivity index (χ0n) is 13.4. The van der Waals surface area contributed by atoms with Crippen LogP contribution in [0.5, 0.6) is 5.75 Å². The highest BCUT2D eigenvalue weighted by atomic mass is 35.5. The van der Waals surface area contributed by atoms with Gasteiger partial charge in [-0.15, -0.1) is 0 Å². The summed E-state index contributed by atoms with van der Waals surface area (Å²) in [6.07, 6.45) is 1.71. The topological polar surface area (TPSA) is 73.2 Å². The molecule has 0 aliphatic rings. The summed E-state index contributed by atoms with van der Waals surface area (Å²) >= 11 is 5.86. The molecule has 3 aromatic rings. The van der Waals surface area contributed by atoms with Crippen LogP contribution in [0.4, 0.5) is 5.82 Å². The number of anilines is 1. The Morgan fingerprint density at radius 2 is 1.76 bits per heavy atom. The zero-order chi connectivity index (χ0) is 17.9. The number of methoxy groups -OCH3 is 1. The molecule has 0 amide bonds. The van der Waals surface area contributed by atoms with Crippen LogP contribution < -0.4 is 9.46 Å². The van der Waals surface area contributed by atoms with Gasteiger partial charge < -0.3 is 4.74 Å². The van der Waals surface area contributed by atoms with Gasteiger partial charge in [-0.2, -0.15) is 5.10 Å². The number of benzene rings is 2. The Bertz CT molecular complexity index is 952. The van der Waals surface area contributed by atoms with Gasteiger partial charge in [0.25, 0.3) is 10.0 Å². The van der Waals surface area contributed by atoms with E-state index in [1.54, 1.807) is 41.2 Å². The summed E-state index contributed by atoms with van der Waals surface area (Å²) in [5.74, 6) is 0.843. The standard InChI is InChI=1S/C17H16ClN3O3S/c1-24-15-6-8-16(9-7-15)25(22,23)20-17-10-11-21(19-17)12-13-2-4-14(18)5-3-13/h2-11H,12H2,1H3,(H,19,20). The number of ether oxygens (including phenoxy) is 1. The highest BCUT2D eigenvalue weighted by molar-refractivity contribution is 7.92. The first-order valence-electron chi connectivity index (χ1n) is 7.41. The van der Waals surface area contributed by atoms with Crippen molar-refractivity contribution in [3.05, 3.63) is 71.4 Å². The number of nitrogens with zero attached hydrogens (tertiary/aromatic N) is 2. The summed E-state index contributed by atoms with van der Waals surface area (Å²) < 4.78 is 33.9. The molecule has 0 radical (unpaired) electrons. The van der Waals surface area contributed by atoms with Crippen LogP contribution in [0.15, 0.2) is 65.7 Å². The SMILES string of the molecule is COc1ccc(S(=O)(=O)Nc2ccn(Cc3ccc(Cl)cc3)n2)cc1. The number of aromatic nitrogens is 2. The molecule has 1 heterocycles. The fraction of sp³-hybridized carbons (Fsp3) is 0.118. The van der Waals surface area contributed by atoms with Gasteiger partial charge in [0.1, 0.15) is 5.75 Å². The molecule has 2 aromatic carbocycles. The molecule has 0 saturated carbocycles. The molecule has 25 heavy (non-hydrogen) atoms. The Morgan fingerprint density at radius 3 is 2.40 bits per heavy atom. The molecule has 3 rings (SSSR count). The summed E-state index contributed by atoms with van der Waals surface area (Å²) in [5.41, 5.74) is 1.01. The molecule has 1 N–H and O–H groups in total. The molecule has 0 aliphatic heterocycles. The first-order valence-corrected chi connectivity index (χ1v) is 9.27. The first kappa shape index (κ1) is 17.3. The van der Waals surface area contributed by atoms with Crippen molar-refractivity contribution in [2.75, 3.05) is 11.8 Å². The number of hydrogen-bond acceptors (Lipinski definition) is 4. The number of halogens is 1. The monoisotopic (exact) mass is 377 g/mol. The average Bonchev–Trinajstić information content (AvgIpc) is 3.03. The molecule has 0 bridgehead atoms. The molecule has 0 saturated heterocycles. The van der Waals surface area contributed by atoms with Crippen LogP contribution >= 0.6 is 11.6 Å². The normalized spacial score (nSPS) is 11.3. The largest absolute Gasteiger partial charge is 0.497 e. The predicted molar refractivity (Wildman–Crippen MR) is 96.6 cm³/mol. The summed E-state index contributed by atoms with van der Waals surface area (Å²) in [7, 11) is -2.18. The summed E-state index contributed by atoms with van der Waals surface area (Å²) in [5, 5.41) is 4.91. The molecule has 1 aromatic heterocycles. The fourth-order valence-electron chi connectivity index (χ4n) is 2.23. The minimum absolute atomic E-state index is 0.139. The van der Waals surface area contributed by atoms with E-state index in [1.165, 1.54) is 19.2 Å². The van der Waals surface area contributed by atoms with Gasteiger partial charge in [-0.1, -0.05) is 23.7 Å². The van der Waals surface area contributed by atoms with Crippen molar-refractivity contribution in [2.45, 2.75) is 11.4 Å². The highest BCUT2D eigenvalue weighted by Gasteiger charge is 2.15. The Balaban J connectivity index is 1.72. The van der Waals surface area contributed by atoms with E-state index in [-0.39, 0.29) is 10.7 Å². The van der Waals surface area contributed by atoms with E-state index in [9.17, 15) is 8.42 Å². The quantitative estimate of drug-likeness (QED) is 0.714. The number of rotatable bonds is 6. The highest BCUT2D eigenvalue weighted by Crippen LogP contribution is 2.18. The van der Waals surface area contributed by atoms with Crippen molar-refractivity contribution >= 4 is 27.4 Å². The van der Waals surface area contributed by atoms with Gasteiger partial charge in [0.15, 0.2) is 5.82 Å². The van der Waals surface area contributed by atoms with Crippen molar-refractivity contribution in [2.24, 2.45) is 0 Å². The van der Waals surface area contributed by atoms with Crippen LogP contribution in [0.25, 0.3) is 0 Å². The van der Waals surface area contributed by atoms with Gasteiger partial charge in [-0.3, -0.25) is 9.40 Å². The van der Waals surface area contributed by atoms with Gasteiger partial charge >= 0.3 is 0 Å². The first-order chi connectivity index (χ1) is 12.0. The maximum absolute atomic E-state index is 12.4. The minimum atomic E-state index is -3.70. The Hall–Kier alpha value is -2.51. The third-order valence-electron chi connectivity index (χ3n) is 3.51. The summed E-state index contributed by atoms with van der Waals surface area (Å²) in [6, 6.07) is 15.1. The fourth-order valence-corrected chi connectivity index (χ4v) is 3.35. The lowest BCUT2D eigenvalue weighted by atomic mass is 10.2. The zero-order valence-corrected chi connectivity index (χ0v) is 15.0. The maximum atomic E-state index is 12.4. The Labute approximate surface area is 151 Å². The van der Waals surface area contributed by atoms with Crippen LogP contribution in [0.2, 0.25) is 5.02 Å². The van der Waals surface area contributed by atoms with Crippen LogP contribution in [0.3, 0.4) is 0 Å². The molecule has 0 unspecified atom stereocenters. The van der Waals surface area contributed by atoms with E-state index in [0.29, 0.717) is 17.3 Å². The van der Waals surface area contributed by atoms with Crippen LogP contribution in [-0.4, -0.2) is 25.3 Å². The van der Waals surface area contributed by atoms with Gasteiger partial charge in [0.05, 0.1) is 18.6 Å². The molecule has 130 valence electrons. The lowest BCUT2D eigenvalue weighted by Gasteiger charge is -2.06. The molecule has 0 spiro atoms. The van der Waals surface area contributed by atoms with E-state index in [0.717, 1.165) is 5.56 Å². The molecular formula is C17H16ClN3O3S. The van der Waals surface area contributed by atoms with E-state index in [4.69, 9.17) is 16.3 Å². The third kappa shape index (κ3) is 4.32. The lowest BCUT2D eigenvalue weighted by molar-refractivity contribution is 0.414. The van der Waals surface area contributed by atoms with E-state index >= 15 is 0 Å². The molecule has 8 heteroatoms. The van der Waals surface area contributed by atoms with E-state index in [2.05, 4.69) is 9.82 Å². The predicted octanol–water partition coefficient (Wildman–Crippen LogP) is 3.39. The second kappa shape index (κ2) is 7.16. The minimum Gasteiger partial charge on any atom is -0.497 e. The maximum Gasteiger partial charge on any atom is 0.263 e. The Morgan fingerprint density at radius 1 is 1.08 bits per heavy atom. The lowest BCUT2D eigenvalue weighted by Crippen LogP contribution is -2.13. The van der Waals surface area contributed by atoms with Crippen molar-refractivity contribution in [1.29, 1.82) is 0 Å². The molecule has 0 aliphatic carbocycles. The average molecular weight is 378 g/mol. The van der Waals surface area contributed by atoms with Crippen molar-refractivity contribution in [3.8, 4) is 5.75 Å². The molecule has 0 fully saturated rings. The number of nitrogens with one attached hydrogen (secondary N) is 1. The number of sulfonamides is 1. The second-order valence-electron chi connectivity index (χ2n) is 5.31. The van der Waals surface area contributed by atoms with Crippen molar-refractivity contribution in [1.82, 2.24) is 9.78 Å². The third-order valence-corrected chi connectivity index (χ3v) is 5.13. The van der Waals surface area contributed by atoms with E-state index in [1.807, 2.05) is 12.1 Å². The van der Waals surface area contributed by atoms with Gasteiger partial charge in [-0.25, -0.2) is 8.42 Å². The summed E-state index contributed by atoms with van der Waals surface area (Å²) in [6.45, 7) is 0.515. The number of hydrogen-bond donors (Lipinski definition) is 1. The molecular weight excluding hydrogens is 362 g/mol. The van der Waals surface area contributed by atoms with Crippen molar-refractivity contribution < 1.29 is 13.2 Å². The van der Waals surface area contributed by atoms with Crippen LogP contribution in [-0.2, 0) is 16.6 Å². The second-order valence-corrected chi connectivity index (χ2v) is 7.42. The molecule has 6 nitrogen and oxygen atoms in total. The van der Waals surface area contributed by atoms with Crippen LogP contribution in [0, 0.1) is 0 Å². The smallest absolute Gasteiger partial charge is 0.263 e. The van der Waals surface area contributed by atoms with Crippen molar-refractivity contribution in [3.63, 3.8) is 0 Å². The van der Waals surface area contributed by atoms with E-state index < -0.39 is 10.0 Å². The van der Waals surface area contributed by atoms with Gasteiger partial charge in [0.2, 0.25) is 0 Å². The van der Waals surface area contributed by atoms with Crippen LogP contribution in [0.1, 0.15) is 5.56 Å². The molecule has 0 atom stereocenters. The Kier molecular flexibility index (Phi) is 4.96. The summed E-state index contributed by atoms with van der Waals surface area (Å²) in [4.78, 5) is 0.139.